The minimum Gasteiger partial charge on any atom is -0.481 e. The molecule has 0 bridgehead atoms. The Kier molecular flexibility index (Phi) is 5.52. The second-order valence-electron chi connectivity index (χ2n) is 6.57. The number of carboxylic acids is 1. The summed E-state index contributed by atoms with van der Waals surface area (Å²) in [5.41, 5.74) is 6.33. The van der Waals surface area contributed by atoms with Crippen molar-refractivity contribution in [1.82, 2.24) is 5.32 Å². The molecule has 2 aromatic rings. The summed E-state index contributed by atoms with van der Waals surface area (Å²) in [6.07, 6.45) is 4.82. The number of aryl methyl sites for hydroxylation is 2. The first-order valence-electron chi connectivity index (χ1n) is 8.95. The van der Waals surface area contributed by atoms with E-state index in [-0.39, 0.29) is 0 Å². The van der Waals surface area contributed by atoms with Crippen LogP contribution in [-0.4, -0.2) is 23.5 Å². The molecule has 1 unspecified atom stereocenters. The predicted molar refractivity (Wildman–Crippen MR) is 102 cm³/mol. The Balaban J connectivity index is 1.81. The molecule has 0 aliphatic heterocycles. The highest BCUT2D eigenvalue weighted by Crippen LogP contribution is 2.33. The molecule has 0 heterocycles. The van der Waals surface area contributed by atoms with Gasteiger partial charge < -0.3 is 10.4 Å². The highest BCUT2D eigenvalue weighted by molar-refractivity contribution is 5.96. The van der Waals surface area contributed by atoms with E-state index in [9.17, 15) is 9.59 Å². The van der Waals surface area contributed by atoms with Crippen LogP contribution in [0.3, 0.4) is 0 Å². The standard InChI is InChI=1S/C22H23NO3/c1-15(22(25)26)21(24)23-14-6-11-20-18-9-4-2-7-16(18)12-13-17-8-3-5-10-19(17)20/h2-5,7-11,15H,6,12-14H2,1H3,(H,23,24)(H,25,26). The van der Waals surface area contributed by atoms with E-state index in [0.717, 1.165) is 12.8 Å². The summed E-state index contributed by atoms with van der Waals surface area (Å²) in [4.78, 5) is 22.6. The van der Waals surface area contributed by atoms with Gasteiger partial charge in [0.1, 0.15) is 5.92 Å². The van der Waals surface area contributed by atoms with Crippen molar-refractivity contribution >= 4 is 17.4 Å². The molecule has 1 aliphatic rings. The van der Waals surface area contributed by atoms with Crippen molar-refractivity contribution in [2.45, 2.75) is 26.2 Å². The molecule has 0 spiro atoms. The molecule has 26 heavy (non-hydrogen) atoms. The minimum atomic E-state index is -1.10. The minimum absolute atomic E-state index is 0.421. The summed E-state index contributed by atoms with van der Waals surface area (Å²) in [7, 11) is 0. The van der Waals surface area contributed by atoms with Crippen LogP contribution in [0.4, 0.5) is 0 Å². The van der Waals surface area contributed by atoms with E-state index in [1.165, 1.54) is 34.8 Å². The Morgan fingerprint density at radius 3 is 2.12 bits per heavy atom. The normalized spacial score (nSPS) is 13.8. The number of carbonyl (C=O) groups excluding carboxylic acids is 1. The van der Waals surface area contributed by atoms with Crippen molar-refractivity contribution in [2.75, 3.05) is 6.54 Å². The Morgan fingerprint density at radius 2 is 1.58 bits per heavy atom. The van der Waals surface area contributed by atoms with Crippen LogP contribution >= 0.6 is 0 Å². The number of rotatable bonds is 5. The SMILES string of the molecule is CC(C(=O)O)C(=O)NCCC=C1c2ccccc2CCc2ccccc21. The third-order valence-corrected chi connectivity index (χ3v) is 4.83. The summed E-state index contributed by atoms with van der Waals surface area (Å²) >= 11 is 0. The van der Waals surface area contributed by atoms with E-state index in [2.05, 4.69) is 59.9 Å². The van der Waals surface area contributed by atoms with Crippen molar-refractivity contribution in [3.63, 3.8) is 0 Å². The van der Waals surface area contributed by atoms with Gasteiger partial charge in [-0.2, -0.15) is 0 Å². The first-order chi connectivity index (χ1) is 12.6. The summed E-state index contributed by atoms with van der Waals surface area (Å²) in [5.74, 6) is -2.58. The molecule has 1 aliphatic carbocycles. The summed E-state index contributed by atoms with van der Waals surface area (Å²) in [6, 6.07) is 16.9. The van der Waals surface area contributed by atoms with Crippen LogP contribution in [0.25, 0.3) is 5.57 Å². The van der Waals surface area contributed by atoms with Gasteiger partial charge in [0.25, 0.3) is 0 Å². The van der Waals surface area contributed by atoms with Crippen LogP contribution in [0.2, 0.25) is 0 Å². The van der Waals surface area contributed by atoms with Gasteiger partial charge in [-0.05, 0) is 54.0 Å². The fourth-order valence-electron chi connectivity index (χ4n) is 3.31. The average molecular weight is 349 g/mol. The smallest absolute Gasteiger partial charge is 0.315 e. The van der Waals surface area contributed by atoms with Gasteiger partial charge in [0.05, 0.1) is 0 Å². The van der Waals surface area contributed by atoms with Crippen LogP contribution in [0.1, 0.15) is 35.6 Å². The molecule has 134 valence electrons. The fourth-order valence-corrected chi connectivity index (χ4v) is 3.31. The van der Waals surface area contributed by atoms with Crippen LogP contribution < -0.4 is 5.32 Å². The van der Waals surface area contributed by atoms with Gasteiger partial charge in [-0.3, -0.25) is 9.59 Å². The summed E-state index contributed by atoms with van der Waals surface area (Å²) < 4.78 is 0. The Hall–Kier alpha value is -2.88. The van der Waals surface area contributed by atoms with Crippen molar-refractivity contribution in [3.8, 4) is 0 Å². The highest BCUT2D eigenvalue weighted by Gasteiger charge is 2.20. The zero-order chi connectivity index (χ0) is 18.5. The number of amides is 1. The van der Waals surface area contributed by atoms with Gasteiger partial charge in [-0.1, -0.05) is 54.6 Å². The van der Waals surface area contributed by atoms with Crippen molar-refractivity contribution < 1.29 is 14.7 Å². The molecule has 3 rings (SSSR count). The lowest BCUT2D eigenvalue weighted by atomic mass is 9.93. The van der Waals surface area contributed by atoms with Gasteiger partial charge in [0.2, 0.25) is 5.91 Å². The third kappa shape index (κ3) is 3.85. The lowest BCUT2D eigenvalue weighted by molar-refractivity contribution is -0.146. The number of aliphatic carboxylic acids is 1. The summed E-state index contributed by atoms with van der Waals surface area (Å²) in [5, 5.41) is 11.6. The molecule has 0 saturated heterocycles. The number of carbonyl (C=O) groups is 2. The van der Waals surface area contributed by atoms with E-state index < -0.39 is 17.8 Å². The molecule has 2 aromatic carbocycles. The van der Waals surface area contributed by atoms with Crippen molar-refractivity contribution in [2.24, 2.45) is 5.92 Å². The van der Waals surface area contributed by atoms with Gasteiger partial charge in [-0.25, -0.2) is 0 Å². The maximum atomic E-state index is 11.8. The molecule has 2 N–H and O–H groups in total. The highest BCUT2D eigenvalue weighted by atomic mass is 16.4. The van der Waals surface area contributed by atoms with Crippen molar-refractivity contribution in [3.05, 3.63) is 76.9 Å². The van der Waals surface area contributed by atoms with E-state index in [4.69, 9.17) is 5.11 Å². The maximum absolute atomic E-state index is 11.8. The molecule has 4 nitrogen and oxygen atoms in total. The third-order valence-electron chi connectivity index (χ3n) is 4.83. The lowest BCUT2D eigenvalue weighted by Gasteiger charge is -2.12. The number of hydrogen-bond acceptors (Lipinski definition) is 2. The van der Waals surface area contributed by atoms with Gasteiger partial charge in [0, 0.05) is 6.54 Å². The molecule has 0 fully saturated rings. The van der Waals surface area contributed by atoms with E-state index in [1.807, 2.05) is 0 Å². The molecule has 0 saturated carbocycles. The van der Waals surface area contributed by atoms with E-state index in [0.29, 0.717) is 13.0 Å². The number of fused-ring (bicyclic) bond motifs is 2. The largest absolute Gasteiger partial charge is 0.481 e. The molecular formula is C22H23NO3. The summed E-state index contributed by atoms with van der Waals surface area (Å²) in [6.45, 7) is 1.82. The predicted octanol–water partition coefficient (Wildman–Crippen LogP) is 3.44. The average Bonchev–Trinajstić information content (AvgIpc) is 2.81. The number of benzene rings is 2. The first kappa shape index (κ1) is 17.9. The van der Waals surface area contributed by atoms with Crippen LogP contribution in [0.5, 0.6) is 0 Å². The van der Waals surface area contributed by atoms with Crippen LogP contribution in [0.15, 0.2) is 54.6 Å². The Labute approximate surface area is 153 Å². The van der Waals surface area contributed by atoms with Gasteiger partial charge >= 0.3 is 5.97 Å². The monoisotopic (exact) mass is 349 g/mol. The molecule has 0 aromatic heterocycles. The number of carboxylic acid groups (broad SMARTS) is 1. The number of hydrogen-bond donors (Lipinski definition) is 2. The van der Waals surface area contributed by atoms with E-state index >= 15 is 0 Å². The maximum Gasteiger partial charge on any atom is 0.315 e. The first-order valence-corrected chi connectivity index (χ1v) is 8.95. The van der Waals surface area contributed by atoms with Crippen LogP contribution in [-0.2, 0) is 22.4 Å². The van der Waals surface area contributed by atoms with Gasteiger partial charge in [-0.15, -0.1) is 0 Å². The second-order valence-corrected chi connectivity index (χ2v) is 6.57. The quantitative estimate of drug-likeness (QED) is 0.642. The van der Waals surface area contributed by atoms with E-state index in [1.54, 1.807) is 0 Å². The van der Waals surface area contributed by atoms with Crippen molar-refractivity contribution in [1.29, 1.82) is 0 Å². The Bertz CT molecular complexity index is 804. The second kappa shape index (κ2) is 8.00. The lowest BCUT2D eigenvalue weighted by Crippen LogP contribution is -2.33. The molecule has 1 atom stereocenters. The zero-order valence-electron chi connectivity index (χ0n) is 14.9. The number of nitrogens with one attached hydrogen (secondary N) is 1. The topological polar surface area (TPSA) is 66.4 Å². The Morgan fingerprint density at radius 1 is 1.04 bits per heavy atom. The molecule has 4 heteroatoms. The van der Waals surface area contributed by atoms with Crippen LogP contribution in [0, 0.1) is 5.92 Å². The molecule has 0 radical (unpaired) electrons. The van der Waals surface area contributed by atoms with Gasteiger partial charge in [0.15, 0.2) is 0 Å². The zero-order valence-corrected chi connectivity index (χ0v) is 14.9. The molecule has 1 amide bonds. The molecular weight excluding hydrogens is 326 g/mol. The fraction of sp³-hybridized carbons (Fsp3) is 0.273.